The molecular weight excluding hydrogens is 178 g/mol. The molecule has 0 aliphatic carbocycles. The number of rotatable bonds is 1. The summed E-state index contributed by atoms with van der Waals surface area (Å²) in [4.78, 5) is 21.2. The Labute approximate surface area is 74.4 Å². The fraction of sp³-hybridized carbons (Fsp3) is 0. The Balaban J connectivity index is 0.000000720. The number of hydrogen-bond acceptors (Lipinski definition) is 2. The number of benzene rings is 1. The van der Waals surface area contributed by atoms with E-state index in [1.165, 1.54) is 0 Å². The molecule has 12 heavy (non-hydrogen) atoms. The molecule has 0 amide bonds. The molecule has 0 aliphatic heterocycles. The number of nitrogens with zero attached hydrogens (tertiary/aromatic N) is 1. The van der Waals surface area contributed by atoms with Gasteiger partial charge >= 0.3 is 11.1 Å². The van der Waals surface area contributed by atoms with Crippen LogP contribution in [0, 0.1) is 0 Å². The highest BCUT2D eigenvalue weighted by atomic mass is 35.5. The molecule has 0 radical (unpaired) electrons. The molecule has 2 aromatic rings. The Bertz CT molecular complexity index is 414. The van der Waals surface area contributed by atoms with Crippen LogP contribution in [-0.4, -0.2) is 4.57 Å². The fourth-order valence-corrected chi connectivity index (χ4v) is 0.946. The first-order valence-corrected chi connectivity index (χ1v) is 3.24. The molecule has 0 spiro atoms. The minimum atomic E-state index is -0.420. The summed E-state index contributed by atoms with van der Waals surface area (Å²) in [5.41, 5.74) is -0.185. The van der Waals surface area contributed by atoms with E-state index in [0.29, 0.717) is 5.69 Å². The Morgan fingerprint density at radius 2 is 1.42 bits per heavy atom. The smallest absolute Gasteiger partial charge is 0.262 e. The molecule has 3 nitrogen and oxygen atoms in total. The largest absolute Gasteiger partial charge is 0.324 e. The maximum absolute atomic E-state index is 10.6. The van der Waals surface area contributed by atoms with Gasteiger partial charge in [-0.1, -0.05) is 18.2 Å². The summed E-state index contributed by atoms with van der Waals surface area (Å²) in [5, 5.41) is 0. The second kappa shape index (κ2) is 2.95. The normalized spacial score (nSPS) is 9.67. The maximum atomic E-state index is 10.6. The van der Waals surface area contributed by atoms with Crippen LogP contribution in [0.25, 0.3) is 5.69 Å². The van der Waals surface area contributed by atoms with E-state index in [1.54, 1.807) is 24.3 Å². The predicted molar refractivity (Wildman–Crippen MR) is 47.9 cm³/mol. The Morgan fingerprint density at radius 1 is 0.917 bits per heavy atom. The van der Waals surface area contributed by atoms with Crippen LogP contribution in [0.1, 0.15) is 0 Å². The SMILES string of the molecule is Cl.O=c1c(=O)n1-c1ccccc1. The van der Waals surface area contributed by atoms with E-state index in [-0.39, 0.29) is 12.4 Å². The third-order valence-corrected chi connectivity index (χ3v) is 1.55. The number of halogens is 1. The lowest BCUT2D eigenvalue weighted by Gasteiger charge is -1.88. The van der Waals surface area contributed by atoms with Crippen molar-refractivity contribution < 1.29 is 0 Å². The Morgan fingerprint density at radius 3 is 1.83 bits per heavy atom. The summed E-state index contributed by atoms with van der Waals surface area (Å²) < 4.78 is 1.14. The van der Waals surface area contributed by atoms with Gasteiger partial charge in [0.25, 0.3) is 0 Å². The zero-order valence-corrected chi connectivity index (χ0v) is 6.88. The van der Waals surface area contributed by atoms with Gasteiger partial charge in [0.1, 0.15) is 0 Å². The van der Waals surface area contributed by atoms with E-state index in [4.69, 9.17) is 0 Å². The molecule has 0 bridgehead atoms. The van der Waals surface area contributed by atoms with Crippen molar-refractivity contribution in [3.63, 3.8) is 0 Å². The van der Waals surface area contributed by atoms with Crippen LogP contribution in [0.5, 0.6) is 0 Å². The Kier molecular flexibility index (Phi) is 2.15. The third-order valence-electron chi connectivity index (χ3n) is 1.55. The number of hydrogen-bond donors (Lipinski definition) is 0. The molecule has 0 unspecified atom stereocenters. The molecule has 0 fully saturated rings. The number of aromatic nitrogens is 1. The van der Waals surface area contributed by atoms with Crippen molar-refractivity contribution in [2.45, 2.75) is 0 Å². The molecule has 1 aromatic heterocycles. The minimum absolute atomic E-state index is 0. The number of para-hydroxylation sites is 1. The summed E-state index contributed by atoms with van der Waals surface area (Å²) in [5.74, 6) is 0. The van der Waals surface area contributed by atoms with E-state index in [2.05, 4.69) is 0 Å². The van der Waals surface area contributed by atoms with E-state index >= 15 is 0 Å². The van der Waals surface area contributed by atoms with E-state index in [1.807, 2.05) is 6.07 Å². The van der Waals surface area contributed by atoms with Gasteiger partial charge in [0.05, 0.1) is 5.69 Å². The van der Waals surface area contributed by atoms with Crippen LogP contribution < -0.4 is 11.1 Å². The highest BCUT2D eigenvalue weighted by Gasteiger charge is 2.16. The maximum Gasteiger partial charge on any atom is 0.324 e. The van der Waals surface area contributed by atoms with Gasteiger partial charge in [0.15, 0.2) is 0 Å². The molecule has 1 aromatic carbocycles. The van der Waals surface area contributed by atoms with Crippen molar-refractivity contribution >= 4 is 12.4 Å². The van der Waals surface area contributed by atoms with Crippen molar-refractivity contribution in [3.8, 4) is 5.69 Å². The second-order valence-electron chi connectivity index (χ2n) is 2.28. The van der Waals surface area contributed by atoms with Crippen molar-refractivity contribution in [3.05, 3.63) is 51.0 Å². The van der Waals surface area contributed by atoms with E-state index < -0.39 is 11.1 Å². The van der Waals surface area contributed by atoms with Crippen LogP contribution in [0.15, 0.2) is 39.9 Å². The van der Waals surface area contributed by atoms with E-state index in [9.17, 15) is 9.59 Å². The van der Waals surface area contributed by atoms with Crippen molar-refractivity contribution in [2.75, 3.05) is 0 Å². The summed E-state index contributed by atoms with van der Waals surface area (Å²) in [7, 11) is 0. The topological polar surface area (TPSA) is 39.1 Å². The van der Waals surface area contributed by atoms with Gasteiger partial charge in [0.2, 0.25) is 0 Å². The van der Waals surface area contributed by atoms with Crippen molar-refractivity contribution in [2.24, 2.45) is 0 Å². The van der Waals surface area contributed by atoms with E-state index in [0.717, 1.165) is 4.57 Å². The molecule has 62 valence electrons. The zero-order chi connectivity index (χ0) is 7.84. The van der Waals surface area contributed by atoms with Crippen LogP contribution in [0.2, 0.25) is 0 Å². The average molecular weight is 184 g/mol. The molecule has 0 atom stereocenters. The average Bonchev–Trinajstić information content (AvgIpc) is 2.62. The third kappa shape index (κ3) is 1.19. The van der Waals surface area contributed by atoms with Crippen LogP contribution in [0.4, 0.5) is 0 Å². The standard InChI is InChI=1S/C8H5NO2.ClH/c10-7-8(11)9(7)6-4-2-1-3-5-6;/h1-5H;1H. The lowest BCUT2D eigenvalue weighted by atomic mass is 10.3. The van der Waals surface area contributed by atoms with Gasteiger partial charge in [-0.05, 0) is 12.1 Å². The molecule has 4 heteroatoms. The van der Waals surface area contributed by atoms with Gasteiger partial charge in [0, 0.05) is 0 Å². The minimum Gasteiger partial charge on any atom is -0.262 e. The summed E-state index contributed by atoms with van der Waals surface area (Å²) >= 11 is 0. The lowest BCUT2D eigenvalue weighted by molar-refractivity contribution is 1.17. The summed E-state index contributed by atoms with van der Waals surface area (Å²) in [6.07, 6.45) is 0. The molecule has 0 saturated heterocycles. The van der Waals surface area contributed by atoms with Gasteiger partial charge in [-0.2, -0.15) is 0 Å². The highest BCUT2D eigenvalue weighted by Crippen LogP contribution is 2.00. The molecule has 1 heterocycles. The fourth-order valence-electron chi connectivity index (χ4n) is 0.946. The predicted octanol–water partition coefficient (Wildman–Crippen LogP) is 0.495. The molecular formula is C8H6ClNO2. The summed E-state index contributed by atoms with van der Waals surface area (Å²) in [6.45, 7) is 0. The molecule has 2 rings (SSSR count). The zero-order valence-electron chi connectivity index (χ0n) is 6.06. The molecule has 0 N–H and O–H groups in total. The quantitative estimate of drug-likeness (QED) is 0.604. The van der Waals surface area contributed by atoms with Gasteiger partial charge in [-0.15, -0.1) is 12.4 Å². The molecule has 0 aliphatic rings. The highest BCUT2D eigenvalue weighted by molar-refractivity contribution is 5.85. The monoisotopic (exact) mass is 183 g/mol. The first kappa shape index (κ1) is 8.74. The lowest BCUT2D eigenvalue weighted by Crippen LogP contribution is -1.89. The molecule has 0 saturated carbocycles. The van der Waals surface area contributed by atoms with Gasteiger partial charge < -0.3 is 0 Å². The van der Waals surface area contributed by atoms with Crippen LogP contribution in [-0.2, 0) is 0 Å². The first-order valence-electron chi connectivity index (χ1n) is 3.24. The van der Waals surface area contributed by atoms with Crippen LogP contribution >= 0.6 is 12.4 Å². The van der Waals surface area contributed by atoms with Crippen molar-refractivity contribution in [1.29, 1.82) is 0 Å². The second-order valence-corrected chi connectivity index (χ2v) is 2.28. The van der Waals surface area contributed by atoms with Gasteiger partial charge in [-0.25, -0.2) is 4.57 Å². The van der Waals surface area contributed by atoms with Crippen molar-refractivity contribution in [1.82, 2.24) is 4.57 Å². The van der Waals surface area contributed by atoms with Gasteiger partial charge in [-0.3, -0.25) is 9.59 Å². The summed E-state index contributed by atoms with van der Waals surface area (Å²) in [6, 6.07) is 8.86. The Hall–Kier alpha value is -1.35. The first-order chi connectivity index (χ1) is 5.30. The van der Waals surface area contributed by atoms with Crippen LogP contribution in [0.3, 0.4) is 0 Å².